The Kier molecular flexibility index (Phi) is 5.34. The van der Waals surface area contributed by atoms with Crippen LogP contribution in [0.1, 0.15) is 40.3 Å². The highest BCUT2D eigenvalue weighted by Crippen LogP contribution is 2.45. The van der Waals surface area contributed by atoms with E-state index in [0.29, 0.717) is 10.8 Å². The molecule has 0 amide bonds. The monoisotopic (exact) mass is 455 g/mol. The molecule has 166 valence electrons. The molecule has 1 aliphatic heterocycles. The summed E-state index contributed by atoms with van der Waals surface area (Å²) in [5, 5.41) is 14.7. The van der Waals surface area contributed by atoms with E-state index in [1.165, 1.54) is 0 Å². The van der Waals surface area contributed by atoms with Gasteiger partial charge in [0, 0.05) is 23.8 Å². The molecule has 6 nitrogen and oxygen atoms in total. The van der Waals surface area contributed by atoms with Gasteiger partial charge in [0.2, 0.25) is 0 Å². The second-order valence-electron chi connectivity index (χ2n) is 8.34. The molecule has 4 heterocycles. The van der Waals surface area contributed by atoms with Gasteiger partial charge in [-0.3, -0.25) is 4.98 Å². The minimum Gasteiger partial charge on any atom is -0.506 e. The smallest absolute Gasteiger partial charge is 0.174 e. The van der Waals surface area contributed by atoms with Crippen LogP contribution in [0.15, 0.2) is 73.1 Å². The van der Waals surface area contributed by atoms with E-state index in [9.17, 15) is 5.11 Å². The topological polar surface area (TPSA) is 66.2 Å². The zero-order valence-electron chi connectivity index (χ0n) is 18.7. The molecule has 1 aromatic carbocycles. The van der Waals surface area contributed by atoms with Gasteiger partial charge in [-0.25, -0.2) is 4.98 Å². The van der Waals surface area contributed by atoms with Crippen LogP contribution in [0.4, 0.5) is 5.69 Å². The number of hydrogen-bond donors (Lipinski definition) is 2. The Morgan fingerprint density at radius 1 is 0.939 bits per heavy atom. The highest BCUT2D eigenvalue weighted by Gasteiger charge is 2.43. The first-order valence-electron chi connectivity index (χ1n) is 10.9. The molecule has 1 fully saturated rings. The van der Waals surface area contributed by atoms with Gasteiger partial charge in [-0.15, -0.1) is 0 Å². The second-order valence-corrected chi connectivity index (χ2v) is 8.73. The van der Waals surface area contributed by atoms with Crippen LogP contribution in [0.5, 0.6) is 5.75 Å². The van der Waals surface area contributed by atoms with Crippen LogP contribution in [0.25, 0.3) is 5.82 Å². The molecule has 1 aliphatic rings. The molecule has 5 rings (SSSR count). The Labute approximate surface area is 198 Å². The lowest BCUT2D eigenvalue weighted by Crippen LogP contribution is -2.29. The minimum absolute atomic E-state index is 0.183. The summed E-state index contributed by atoms with van der Waals surface area (Å²) >= 11 is 5.79. The molecule has 1 saturated heterocycles. The fraction of sp³-hybridized carbons (Fsp3) is 0.192. The fourth-order valence-electron chi connectivity index (χ4n) is 4.68. The minimum atomic E-state index is -0.203. The summed E-state index contributed by atoms with van der Waals surface area (Å²) in [6, 6.07) is 19.0. The first-order valence-corrected chi connectivity index (χ1v) is 11.3. The van der Waals surface area contributed by atoms with Crippen molar-refractivity contribution in [3.05, 3.63) is 101 Å². The zero-order valence-corrected chi connectivity index (χ0v) is 19.5. The number of aromatic nitrogens is 3. The highest BCUT2D eigenvalue weighted by atomic mass is 32.1. The lowest BCUT2D eigenvalue weighted by Gasteiger charge is -2.28. The predicted octanol–water partition coefficient (Wildman–Crippen LogP) is 5.08. The van der Waals surface area contributed by atoms with Crippen molar-refractivity contribution < 1.29 is 5.11 Å². The molecular weight excluding hydrogens is 430 g/mol. The summed E-state index contributed by atoms with van der Waals surface area (Å²) in [7, 11) is 0. The number of nitrogens with zero attached hydrogens (tertiary/aromatic N) is 4. The molecule has 33 heavy (non-hydrogen) atoms. The molecule has 7 heteroatoms. The van der Waals surface area contributed by atoms with Crippen LogP contribution < -0.4 is 10.2 Å². The third kappa shape index (κ3) is 3.64. The average Bonchev–Trinajstić information content (AvgIpc) is 3.30. The molecule has 0 bridgehead atoms. The molecule has 0 radical (unpaired) electrons. The Morgan fingerprint density at radius 3 is 2.45 bits per heavy atom. The normalized spacial score (nSPS) is 17.9. The SMILES string of the molecule is Cc1ccnc(-n2c(C)cc([C@H]3[C@@H](c4ccccn4)NC(=S)N3c3ccccc3O)c2C)c1. The number of benzene rings is 1. The molecular formula is C26H25N5OS. The maximum atomic E-state index is 10.7. The van der Waals surface area contributed by atoms with E-state index in [4.69, 9.17) is 12.2 Å². The molecule has 0 aliphatic carbocycles. The first-order chi connectivity index (χ1) is 16.0. The standard InChI is InChI=1S/C26H25N5OS/c1-16-11-13-28-23(14-16)30-17(2)15-19(18(30)3)25-24(20-8-6-7-12-27-20)29-26(33)31(25)21-9-4-5-10-22(21)32/h4-15,24-25,32H,1-3H3,(H,29,33)/t24-,25+/m1/s1. The molecule has 0 spiro atoms. The number of hydrogen-bond acceptors (Lipinski definition) is 4. The van der Waals surface area contributed by atoms with Crippen LogP contribution in [0.2, 0.25) is 0 Å². The fourth-order valence-corrected chi connectivity index (χ4v) is 5.02. The molecule has 2 N–H and O–H groups in total. The summed E-state index contributed by atoms with van der Waals surface area (Å²) in [6.45, 7) is 6.25. The van der Waals surface area contributed by atoms with Crippen molar-refractivity contribution in [2.45, 2.75) is 32.9 Å². The van der Waals surface area contributed by atoms with E-state index < -0.39 is 0 Å². The predicted molar refractivity (Wildman–Crippen MR) is 134 cm³/mol. The van der Waals surface area contributed by atoms with Gasteiger partial charge in [0.05, 0.1) is 23.5 Å². The van der Waals surface area contributed by atoms with E-state index >= 15 is 0 Å². The Bertz CT molecular complexity index is 1330. The molecule has 2 atom stereocenters. The van der Waals surface area contributed by atoms with Crippen LogP contribution in [-0.4, -0.2) is 24.8 Å². The van der Waals surface area contributed by atoms with Crippen LogP contribution in [0.3, 0.4) is 0 Å². The van der Waals surface area contributed by atoms with Gasteiger partial charge in [-0.1, -0.05) is 18.2 Å². The van der Waals surface area contributed by atoms with Crippen molar-refractivity contribution in [2.75, 3.05) is 4.90 Å². The Balaban J connectivity index is 1.70. The van der Waals surface area contributed by atoms with Crippen molar-refractivity contribution in [2.24, 2.45) is 0 Å². The number of para-hydroxylation sites is 2. The molecule has 0 unspecified atom stereocenters. The van der Waals surface area contributed by atoms with Crippen LogP contribution in [0, 0.1) is 20.8 Å². The lowest BCUT2D eigenvalue weighted by atomic mass is 9.96. The Morgan fingerprint density at radius 2 is 1.73 bits per heavy atom. The molecule has 4 aromatic rings. The quantitative estimate of drug-likeness (QED) is 0.419. The van der Waals surface area contributed by atoms with E-state index in [0.717, 1.165) is 34.0 Å². The number of rotatable bonds is 4. The highest BCUT2D eigenvalue weighted by molar-refractivity contribution is 7.80. The summed E-state index contributed by atoms with van der Waals surface area (Å²) in [5.74, 6) is 1.07. The number of aryl methyl sites for hydroxylation is 2. The second kappa shape index (κ2) is 8.33. The third-order valence-corrected chi connectivity index (χ3v) is 6.47. The number of phenolic OH excluding ortho intramolecular Hbond substituents is 1. The molecule has 3 aromatic heterocycles. The summed E-state index contributed by atoms with van der Waals surface area (Å²) < 4.78 is 2.17. The van der Waals surface area contributed by atoms with E-state index in [1.807, 2.05) is 53.6 Å². The van der Waals surface area contributed by atoms with Crippen molar-refractivity contribution in [3.63, 3.8) is 0 Å². The van der Waals surface area contributed by atoms with Gasteiger partial charge in [0.1, 0.15) is 11.6 Å². The van der Waals surface area contributed by atoms with Gasteiger partial charge in [0.15, 0.2) is 5.11 Å². The lowest BCUT2D eigenvalue weighted by molar-refractivity contribution is 0.472. The summed E-state index contributed by atoms with van der Waals surface area (Å²) in [4.78, 5) is 11.2. The van der Waals surface area contributed by atoms with Crippen molar-refractivity contribution in [3.8, 4) is 11.6 Å². The van der Waals surface area contributed by atoms with Crippen molar-refractivity contribution >= 4 is 23.0 Å². The van der Waals surface area contributed by atoms with E-state index in [1.54, 1.807) is 12.3 Å². The zero-order chi connectivity index (χ0) is 23.1. The van der Waals surface area contributed by atoms with Crippen molar-refractivity contribution in [1.82, 2.24) is 19.9 Å². The molecule has 0 saturated carbocycles. The number of nitrogens with one attached hydrogen (secondary N) is 1. The van der Waals surface area contributed by atoms with E-state index in [2.05, 4.69) is 52.8 Å². The van der Waals surface area contributed by atoms with Gasteiger partial charge in [0.25, 0.3) is 0 Å². The number of aromatic hydroxyl groups is 1. The van der Waals surface area contributed by atoms with Gasteiger partial charge in [-0.2, -0.15) is 0 Å². The average molecular weight is 456 g/mol. The number of pyridine rings is 2. The van der Waals surface area contributed by atoms with Crippen LogP contribution in [-0.2, 0) is 0 Å². The van der Waals surface area contributed by atoms with Gasteiger partial charge >= 0.3 is 0 Å². The van der Waals surface area contributed by atoms with Gasteiger partial charge in [-0.05, 0) is 86.6 Å². The van der Waals surface area contributed by atoms with Crippen molar-refractivity contribution in [1.29, 1.82) is 0 Å². The number of anilines is 1. The van der Waals surface area contributed by atoms with Crippen LogP contribution >= 0.6 is 12.2 Å². The third-order valence-electron chi connectivity index (χ3n) is 6.16. The Hall–Kier alpha value is -3.71. The maximum absolute atomic E-state index is 10.7. The van der Waals surface area contributed by atoms with E-state index in [-0.39, 0.29) is 17.8 Å². The largest absolute Gasteiger partial charge is 0.506 e. The number of phenols is 1. The van der Waals surface area contributed by atoms with Gasteiger partial charge < -0.3 is 19.9 Å². The summed E-state index contributed by atoms with van der Waals surface area (Å²) in [5.41, 5.74) is 5.96. The number of thiocarbonyl (C=S) groups is 1. The summed E-state index contributed by atoms with van der Waals surface area (Å²) in [6.07, 6.45) is 3.63. The first kappa shape index (κ1) is 21.2. The maximum Gasteiger partial charge on any atom is 0.174 e.